The van der Waals surface area contributed by atoms with E-state index < -0.39 is 18.0 Å². The molecular weight excluding hydrogens is 340 g/mol. The van der Waals surface area contributed by atoms with Crippen LogP contribution in [0.5, 0.6) is 0 Å². The van der Waals surface area contributed by atoms with Gasteiger partial charge in [0, 0.05) is 11.1 Å². The number of carbonyl (C=O) groups is 2. The Balaban J connectivity index is 1.94. The summed E-state index contributed by atoms with van der Waals surface area (Å²) in [6, 6.07) is 15.5. The quantitative estimate of drug-likeness (QED) is 0.654. The topological polar surface area (TPSA) is 79.2 Å². The van der Waals surface area contributed by atoms with Crippen molar-refractivity contribution in [2.45, 2.75) is 13.0 Å². The van der Waals surface area contributed by atoms with E-state index in [4.69, 9.17) is 21.6 Å². The van der Waals surface area contributed by atoms with Gasteiger partial charge < -0.3 is 10.1 Å². The molecule has 2 aromatic carbocycles. The molecule has 0 radical (unpaired) electrons. The molecule has 1 amide bonds. The Morgan fingerprint density at radius 3 is 2.72 bits per heavy atom. The first-order valence-corrected chi connectivity index (χ1v) is 7.81. The van der Waals surface area contributed by atoms with Crippen molar-refractivity contribution in [1.29, 1.82) is 5.26 Å². The maximum Gasteiger partial charge on any atom is 0.331 e. The van der Waals surface area contributed by atoms with Crippen LogP contribution in [0.15, 0.2) is 54.6 Å². The number of rotatable bonds is 5. The van der Waals surface area contributed by atoms with Crippen LogP contribution in [0.25, 0.3) is 6.08 Å². The minimum Gasteiger partial charge on any atom is -0.449 e. The second-order valence-corrected chi connectivity index (χ2v) is 5.55. The molecule has 1 N–H and O–H groups in total. The number of hydrogen-bond donors (Lipinski definition) is 1. The smallest absolute Gasteiger partial charge is 0.331 e. The summed E-state index contributed by atoms with van der Waals surface area (Å²) in [7, 11) is 0. The second-order valence-electron chi connectivity index (χ2n) is 5.11. The zero-order valence-corrected chi connectivity index (χ0v) is 14.2. The van der Waals surface area contributed by atoms with E-state index in [2.05, 4.69) is 5.32 Å². The lowest BCUT2D eigenvalue weighted by atomic mass is 10.2. The lowest BCUT2D eigenvalue weighted by Crippen LogP contribution is -2.29. The monoisotopic (exact) mass is 354 g/mol. The van der Waals surface area contributed by atoms with Crippen LogP contribution in [0.2, 0.25) is 5.02 Å². The summed E-state index contributed by atoms with van der Waals surface area (Å²) in [5.74, 6) is -1.18. The number of amides is 1. The Morgan fingerprint density at radius 2 is 2.00 bits per heavy atom. The predicted octanol–water partition coefficient (Wildman–Crippen LogP) is 3.80. The van der Waals surface area contributed by atoms with Gasteiger partial charge in [-0.3, -0.25) is 4.79 Å². The number of hydrogen-bond acceptors (Lipinski definition) is 4. The van der Waals surface area contributed by atoms with Gasteiger partial charge in [-0.05, 0) is 42.8 Å². The lowest BCUT2D eigenvalue weighted by Gasteiger charge is -2.13. The summed E-state index contributed by atoms with van der Waals surface area (Å²) >= 11 is 5.86. The van der Waals surface area contributed by atoms with E-state index in [0.29, 0.717) is 16.3 Å². The number of esters is 1. The molecule has 2 rings (SSSR count). The Bertz CT molecular complexity index is 856. The number of para-hydroxylation sites is 1. The predicted molar refractivity (Wildman–Crippen MR) is 95.8 cm³/mol. The molecule has 0 aliphatic rings. The number of anilines is 1. The molecule has 0 saturated carbocycles. The fraction of sp³-hybridized carbons (Fsp3) is 0.105. The van der Waals surface area contributed by atoms with Crippen LogP contribution in [0.3, 0.4) is 0 Å². The third-order valence-electron chi connectivity index (χ3n) is 3.23. The van der Waals surface area contributed by atoms with Gasteiger partial charge in [0.05, 0.1) is 11.3 Å². The van der Waals surface area contributed by atoms with Crippen LogP contribution in [-0.4, -0.2) is 18.0 Å². The summed E-state index contributed by atoms with van der Waals surface area (Å²) < 4.78 is 5.06. The van der Waals surface area contributed by atoms with Crippen molar-refractivity contribution in [1.82, 2.24) is 0 Å². The number of ether oxygens (including phenoxy) is 1. The first-order valence-electron chi connectivity index (χ1n) is 7.44. The highest BCUT2D eigenvalue weighted by atomic mass is 35.5. The van der Waals surface area contributed by atoms with E-state index in [9.17, 15) is 9.59 Å². The Kier molecular flexibility index (Phi) is 6.33. The highest BCUT2D eigenvalue weighted by Gasteiger charge is 2.17. The lowest BCUT2D eigenvalue weighted by molar-refractivity contribution is -0.148. The van der Waals surface area contributed by atoms with Gasteiger partial charge in [0.15, 0.2) is 6.10 Å². The average Bonchev–Trinajstić information content (AvgIpc) is 2.60. The number of nitriles is 1. The summed E-state index contributed by atoms with van der Waals surface area (Å²) in [4.78, 5) is 23.9. The zero-order chi connectivity index (χ0) is 18.2. The number of halogens is 1. The maximum atomic E-state index is 12.1. The molecule has 0 heterocycles. The average molecular weight is 355 g/mol. The van der Waals surface area contributed by atoms with Crippen molar-refractivity contribution in [2.24, 2.45) is 0 Å². The van der Waals surface area contributed by atoms with Crippen LogP contribution < -0.4 is 5.32 Å². The first-order chi connectivity index (χ1) is 12.0. The van der Waals surface area contributed by atoms with Crippen LogP contribution in [-0.2, 0) is 14.3 Å². The van der Waals surface area contributed by atoms with Gasteiger partial charge in [-0.25, -0.2) is 4.79 Å². The molecule has 6 heteroatoms. The largest absolute Gasteiger partial charge is 0.449 e. The first kappa shape index (κ1) is 18.2. The van der Waals surface area contributed by atoms with Gasteiger partial charge in [-0.2, -0.15) is 5.26 Å². The number of benzene rings is 2. The zero-order valence-electron chi connectivity index (χ0n) is 13.4. The third kappa shape index (κ3) is 5.48. The van der Waals surface area contributed by atoms with Crippen LogP contribution >= 0.6 is 11.6 Å². The molecule has 0 aliphatic heterocycles. The number of nitrogens with one attached hydrogen (secondary N) is 1. The molecule has 2 aromatic rings. The standard InChI is InChI=1S/C19H15ClN2O3/c1-13(19(24)22-17-8-3-2-6-15(17)12-21)25-18(23)10-9-14-5-4-7-16(20)11-14/h2-11,13H,1H3,(H,22,24)/b10-9+/t13-/m1/s1. The van der Waals surface area contributed by atoms with Gasteiger partial charge in [0.25, 0.3) is 5.91 Å². The van der Waals surface area contributed by atoms with E-state index >= 15 is 0 Å². The number of carbonyl (C=O) groups excluding carboxylic acids is 2. The van der Waals surface area contributed by atoms with Gasteiger partial charge >= 0.3 is 5.97 Å². The van der Waals surface area contributed by atoms with Crippen molar-refractivity contribution in [3.63, 3.8) is 0 Å². The molecule has 126 valence electrons. The molecule has 0 spiro atoms. The van der Waals surface area contributed by atoms with Crippen molar-refractivity contribution < 1.29 is 14.3 Å². The molecule has 0 bridgehead atoms. The van der Waals surface area contributed by atoms with E-state index in [0.717, 1.165) is 5.56 Å². The molecule has 1 atom stereocenters. The van der Waals surface area contributed by atoms with Gasteiger partial charge in [-0.1, -0.05) is 35.9 Å². The molecule has 0 fully saturated rings. The molecule has 0 saturated heterocycles. The summed E-state index contributed by atoms with van der Waals surface area (Å²) in [5, 5.41) is 12.1. The Morgan fingerprint density at radius 1 is 1.24 bits per heavy atom. The maximum absolute atomic E-state index is 12.1. The van der Waals surface area contributed by atoms with Crippen LogP contribution in [0.1, 0.15) is 18.1 Å². The highest BCUT2D eigenvalue weighted by Crippen LogP contribution is 2.14. The van der Waals surface area contributed by atoms with E-state index in [1.807, 2.05) is 6.07 Å². The number of nitrogens with zero attached hydrogens (tertiary/aromatic N) is 1. The summed E-state index contributed by atoms with van der Waals surface area (Å²) in [6.45, 7) is 1.45. The Hall–Kier alpha value is -3.10. The van der Waals surface area contributed by atoms with Crippen molar-refractivity contribution in [3.05, 3.63) is 70.8 Å². The Labute approximate surface area is 150 Å². The SMILES string of the molecule is C[C@@H](OC(=O)/C=C/c1cccc(Cl)c1)C(=O)Nc1ccccc1C#N. The van der Waals surface area contributed by atoms with Gasteiger partial charge in [-0.15, -0.1) is 0 Å². The van der Waals surface area contributed by atoms with E-state index in [1.54, 1.807) is 54.6 Å². The summed E-state index contributed by atoms with van der Waals surface area (Å²) in [5.41, 5.74) is 1.44. The molecule has 25 heavy (non-hydrogen) atoms. The van der Waals surface area contributed by atoms with Crippen molar-refractivity contribution in [3.8, 4) is 6.07 Å². The molecule has 5 nitrogen and oxygen atoms in total. The fourth-order valence-electron chi connectivity index (χ4n) is 1.97. The fourth-order valence-corrected chi connectivity index (χ4v) is 2.16. The normalized spacial score (nSPS) is 11.6. The van der Waals surface area contributed by atoms with Crippen LogP contribution in [0.4, 0.5) is 5.69 Å². The minimum absolute atomic E-state index is 0.329. The molecule has 0 aromatic heterocycles. The van der Waals surface area contributed by atoms with E-state index in [1.165, 1.54) is 13.0 Å². The van der Waals surface area contributed by atoms with Crippen LogP contribution in [0, 0.1) is 11.3 Å². The van der Waals surface area contributed by atoms with E-state index in [-0.39, 0.29) is 0 Å². The van der Waals surface area contributed by atoms with Gasteiger partial charge in [0.2, 0.25) is 0 Å². The highest BCUT2D eigenvalue weighted by molar-refractivity contribution is 6.30. The van der Waals surface area contributed by atoms with Crippen molar-refractivity contribution in [2.75, 3.05) is 5.32 Å². The van der Waals surface area contributed by atoms with Gasteiger partial charge in [0.1, 0.15) is 6.07 Å². The molecule has 0 unspecified atom stereocenters. The second kappa shape index (κ2) is 8.67. The third-order valence-corrected chi connectivity index (χ3v) is 3.46. The summed E-state index contributed by atoms with van der Waals surface area (Å²) in [6.07, 6.45) is 1.76. The minimum atomic E-state index is -1.01. The molecular formula is C19H15ClN2O3. The molecule has 0 aliphatic carbocycles. The van der Waals surface area contributed by atoms with Crippen molar-refractivity contribution >= 4 is 35.2 Å².